The van der Waals surface area contributed by atoms with Crippen LogP contribution in [0, 0.1) is 0 Å². The topological polar surface area (TPSA) is 96.2 Å². The number of rotatable bonds is 0. The van der Waals surface area contributed by atoms with Crippen molar-refractivity contribution in [2.75, 3.05) is 0 Å². The van der Waals surface area contributed by atoms with Crippen LogP contribution in [0.25, 0.3) is 38.5 Å². The van der Waals surface area contributed by atoms with Crippen molar-refractivity contribution in [3.63, 3.8) is 0 Å². The van der Waals surface area contributed by atoms with Crippen molar-refractivity contribution in [2.24, 2.45) is 0 Å². The van der Waals surface area contributed by atoms with Crippen LogP contribution in [0.5, 0.6) is 5.88 Å². The first-order valence-electron chi connectivity index (χ1n) is 6.33. The Morgan fingerprint density at radius 1 is 1.19 bits per heavy atom. The smallest absolute Gasteiger partial charge is 0.261 e. The van der Waals surface area contributed by atoms with Gasteiger partial charge < -0.3 is 5.11 Å². The van der Waals surface area contributed by atoms with E-state index in [1.54, 1.807) is 29.1 Å². The summed E-state index contributed by atoms with van der Waals surface area (Å²) in [6, 6.07) is 3.65. The molecule has 5 heterocycles. The summed E-state index contributed by atoms with van der Waals surface area (Å²) >= 11 is 0. The fraction of sp³-hybridized carbons (Fsp3) is 0. The molecule has 0 bridgehead atoms. The third kappa shape index (κ3) is 1.10. The van der Waals surface area contributed by atoms with Gasteiger partial charge in [0.15, 0.2) is 11.3 Å². The predicted molar refractivity (Wildman–Crippen MR) is 76.8 cm³/mol. The summed E-state index contributed by atoms with van der Waals surface area (Å²) < 4.78 is 1.66. The molecule has 0 unspecified atom stereocenters. The average Bonchev–Trinajstić information content (AvgIpc) is 3.14. The van der Waals surface area contributed by atoms with Crippen LogP contribution in [0.3, 0.4) is 0 Å². The Hall–Kier alpha value is -3.22. The number of hydrogen-bond acceptors (Lipinski definition) is 5. The highest BCUT2D eigenvalue weighted by Crippen LogP contribution is 2.34. The highest BCUT2D eigenvalue weighted by Gasteiger charge is 2.21. The lowest BCUT2D eigenvalue weighted by Crippen LogP contribution is -1.98. The van der Waals surface area contributed by atoms with Gasteiger partial charge in [-0.25, -0.2) is 15.0 Å². The summed E-state index contributed by atoms with van der Waals surface area (Å²) in [5, 5.41) is 11.9. The maximum absolute atomic E-state index is 12.2. The molecule has 100 valence electrons. The van der Waals surface area contributed by atoms with E-state index >= 15 is 0 Å². The van der Waals surface area contributed by atoms with Crippen molar-refractivity contribution in [2.45, 2.75) is 0 Å². The fourth-order valence-electron chi connectivity index (χ4n) is 2.97. The molecule has 2 N–H and O–H groups in total. The molecule has 0 saturated carbocycles. The largest absolute Gasteiger partial charge is 0.493 e. The zero-order valence-corrected chi connectivity index (χ0v) is 10.5. The zero-order valence-electron chi connectivity index (χ0n) is 10.5. The van der Waals surface area contributed by atoms with Crippen molar-refractivity contribution < 1.29 is 5.11 Å². The van der Waals surface area contributed by atoms with Crippen LogP contribution in [-0.4, -0.2) is 29.4 Å². The van der Waals surface area contributed by atoms with Crippen LogP contribution in [0.2, 0.25) is 0 Å². The Labute approximate surface area is 115 Å². The van der Waals surface area contributed by atoms with Gasteiger partial charge in [0.2, 0.25) is 5.88 Å². The molecule has 5 aromatic rings. The van der Waals surface area contributed by atoms with Gasteiger partial charge in [-0.05, 0) is 12.1 Å². The van der Waals surface area contributed by atoms with E-state index < -0.39 is 0 Å². The Balaban J connectivity index is 2.32. The molecule has 7 nitrogen and oxygen atoms in total. The number of H-pyrrole nitrogens is 1. The van der Waals surface area contributed by atoms with Crippen molar-refractivity contribution in [1.82, 2.24) is 24.3 Å². The SMILES string of the molecule is O=c1[nH]c(O)c2c1c1c3cccnc3nc1c1nccn12. The highest BCUT2D eigenvalue weighted by atomic mass is 16.3. The van der Waals surface area contributed by atoms with Gasteiger partial charge in [-0.1, -0.05) is 0 Å². The van der Waals surface area contributed by atoms with Gasteiger partial charge in [0.05, 0.1) is 5.39 Å². The van der Waals surface area contributed by atoms with Crippen molar-refractivity contribution in [3.8, 4) is 5.88 Å². The van der Waals surface area contributed by atoms with Crippen LogP contribution in [-0.2, 0) is 0 Å². The van der Waals surface area contributed by atoms with E-state index in [9.17, 15) is 9.90 Å². The van der Waals surface area contributed by atoms with Crippen LogP contribution in [0.15, 0.2) is 35.5 Å². The maximum Gasteiger partial charge on any atom is 0.261 e. The van der Waals surface area contributed by atoms with E-state index in [4.69, 9.17) is 0 Å². The molecule has 0 radical (unpaired) electrons. The molecular weight excluding hydrogens is 270 g/mol. The Bertz CT molecular complexity index is 1220. The van der Waals surface area contributed by atoms with Gasteiger partial charge in [0, 0.05) is 29.4 Å². The molecule has 0 aliphatic heterocycles. The van der Waals surface area contributed by atoms with Gasteiger partial charge in [0.1, 0.15) is 11.0 Å². The van der Waals surface area contributed by atoms with E-state index in [1.807, 2.05) is 6.07 Å². The average molecular weight is 277 g/mol. The normalized spacial score (nSPS) is 12.2. The first kappa shape index (κ1) is 10.6. The highest BCUT2D eigenvalue weighted by molar-refractivity contribution is 6.22. The quantitative estimate of drug-likeness (QED) is 0.446. The molecule has 5 aromatic heterocycles. The van der Waals surface area contributed by atoms with Gasteiger partial charge in [-0.3, -0.25) is 14.2 Å². The van der Waals surface area contributed by atoms with Crippen molar-refractivity contribution in [1.29, 1.82) is 0 Å². The molecule has 0 aliphatic rings. The van der Waals surface area contributed by atoms with Gasteiger partial charge >= 0.3 is 0 Å². The lowest BCUT2D eigenvalue weighted by molar-refractivity contribution is 0.460. The first-order chi connectivity index (χ1) is 10.3. The Kier molecular flexibility index (Phi) is 1.64. The van der Waals surface area contributed by atoms with Gasteiger partial charge in [-0.2, -0.15) is 0 Å². The monoisotopic (exact) mass is 277 g/mol. The van der Waals surface area contributed by atoms with E-state index in [0.29, 0.717) is 33.1 Å². The summed E-state index contributed by atoms with van der Waals surface area (Å²) in [6.45, 7) is 0. The zero-order chi connectivity index (χ0) is 14.1. The van der Waals surface area contributed by atoms with E-state index in [1.165, 1.54) is 0 Å². The second-order valence-corrected chi connectivity index (χ2v) is 4.86. The second kappa shape index (κ2) is 3.26. The molecule has 0 atom stereocenters. The van der Waals surface area contributed by atoms with Crippen LogP contribution >= 0.6 is 0 Å². The lowest BCUT2D eigenvalue weighted by Gasteiger charge is -1.99. The molecule has 0 aliphatic carbocycles. The Morgan fingerprint density at radius 2 is 2.10 bits per heavy atom. The number of aromatic amines is 1. The minimum Gasteiger partial charge on any atom is -0.493 e. The molecule has 7 heteroatoms. The Morgan fingerprint density at radius 3 is 3.00 bits per heavy atom. The number of nitrogens with one attached hydrogen (secondary N) is 1. The minimum absolute atomic E-state index is 0.168. The molecular formula is C14H7N5O2. The maximum atomic E-state index is 12.2. The number of aromatic nitrogens is 5. The summed E-state index contributed by atoms with van der Waals surface area (Å²) in [5.41, 5.74) is 1.83. The number of aromatic hydroxyl groups is 1. The molecule has 0 amide bonds. The summed E-state index contributed by atoms with van der Waals surface area (Å²) in [4.78, 5) is 27.7. The summed E-state index contributed by atoms with van der Waals surface area (Å²) in [5.74, 6) is -0.168. The number of pyridine rings is 2. The standard InChI is InChI=1S/C14H7N5O2/c20-13-8-7-6-2-1-3-15-11(6)17-9(7)12-16-4-5-19(12)10(8)14(21)18-13/h1-5,21H,(H,18,20). The third-order valence-electron chi connectivity index (χ3n) is 3.77. The molecule has 5 rings (SSSR count). The third-order valence-corrected chi connectivity index (χ3v) is 3.77. The molecule has 0 saturated heterocycles. The second-order valence-electron chi connectivity index (χ2n) is 4.86. The molecule has 0 aromatic carbocycles. The summed E-state index contributed by atoms with van der Waals surface area (Å²) in [7, 11) is 0. The van der Waals surface area contributed by atoms with Crippen LogP contribution < -0.4 is 5.56 Å². The first-order valence-corrected chi connectivity index (χ1v) is 6.33. The van der Waals surface area contributed by atoms with E-state index in [-0.39, 0.29) is 11.4 Å². The van der Waals surface area contributed by atoms with Gasteiger partial charge in [-0.15, -0.1) is 0 Å². The van der Waals surface area contributed by atoms with Crippen LogP contribution in [0.1, 0.15) is 0 Å². The van der Waals surface area contributed by atoms with Gasteiger partial charge in [0.25, 0.3) is 5.56 Å². The van der Waals surface area contributed by atoms with E-state index in [0.717, 1.165) is 5.39 Å². The molecule has 0 spiro atoms. The van der Waals surface area contributed by atoms with Crippen LogP contribution in [0.4, 0.5) is 0 Å². The fourth-order valence-corrected chi connectivity index (χ4v) is 2.97. The van der Waals surface area contributed by atoms with Crippen molar-refractivity contribution >= 4 is 38.5 Å². The predicted octanol–water partition coefficient (Wildman–Crippen LogP) is 1.42. The number of imidazole rings is 1. The molecule has 0 fully saturated rings. The number of hydrogen-bond donors (Lipinski definition) is 2. The minimum atomic E-state index is -0.346. The lowest BCUT2D eigenvalue weighted by atomic mass is 10.1. The number of fused-ring (bicyclic) bond motifs is 8. The van der Waals surface area contributed by atoms with Crippen molar-refractivity contribution in [3.05, 3.63) is 41.1 Å². The number of nitrogens with zero attached hydrogens (tertiary/aromatic N) is 4. The molecule has 21 heavy (non-hydrogen) atoms. The van der Waals surface area contributed by atoms with E-state index in [2.05, 4.69) is 19.9 Å². The summed E-state index contributed by atoms with van der Waals surface area (Å²) in [6.07, 6.45) is 4.95.